The lowest BCUT2D eigenvalue weighted by Crippen LogP contribution is -2.31. The van der Waals surface area contributed by atoms with Gasteiger partial charge in [0.05, 0.1) is 17.5 Å². The van der Waals surface area contributed by atoms with E-state index in [2.05, 4.69) is 5.32 Å². The van der Waals surface area contributed by atoms with Crippen LogP contribution in [0.1, 0.15) is 51.5 Å². The Balaban J connectivity index is 1.40. The van der Waals surface area contributed by atoms with Crippen molar-refractivity contribution in [1.82, 2.24) is 5.32 Å². The topological polar surface area (TPSA) is 81.7 Å². The molecule has 2 aliphatic rings. The van der Waals surface area contributed by atoms with Crippen molar-refractivity contribution in [3.63, 3.8) is 0 Å². The fraction of sp³-hybridized carbons (Fsp3) is 0.650. The van der Waals surface area contributed by atoms with Gasteiger partial charge in [0.2, 0.25) is 5.91 Å². The van der Waals surface area contributed by atoms with Gasteiger partial charge in [-0.25, -0.2) is 8.42 Å². The van der Waals surface area contributed by atoms with Crippen LogP contribution in [-0.2, 0) is 21.1 Å². The number of hydrogen-bond acceptors (Lipinski definition) is 5. The van der Waals surface area contributed by atoms with Gasteiger partial charge in [-0.05, 0) is 32.8 Å². The van der Waals surface area contributed by atoms with Crippen molar-refractivity contribution in [3.05, 3.63) is 23.8 Å². The van der Waals surface area contributed by atoms with E-state index >= 15 is 0 Å². The highest BCUT2D eigenvalue weighted by atomic mass is 32.2. The second-order valence-electron chi connectivity index (χ2n) is 8.00. The summed E-state index contributed by atoms with van der Waals surface area (Å²) in [6.45, 7) is 4.71. The molecule has 1 saturated carbocycles. The van der Waals surface area contributed by atoms with E-state index in [4.69, 9.17) is 9.47 Å². The van der Waals surface area contributed by atoms with E-state index in [1.165, 1.54) is 0 Å². The Morgan fingerprint density at radius 2 is 2.04 bits per heavy atom. The number of para-hydroxylation sites is 1. The summed E-state index contributed by atoms with van der Waals surface area (Å²) in [5.41, 5.74) is 0.888. The summed E-state index contributed by atoms with van der Waals surface area (Å²) in [6, 6.07) is 5.82. The molecule has 150 valence electrons. The van der Waals surface area contributed by atoms with Crippen molar-refractivity contribution in [3.8, 4) is 11.5 Å². The molecule has 0 unspecified atom stereocenters. The zero-order valence-electron chi connectivity index (χ0n) is 16.1. The first-order chi connectivity index (χ1) is 12.8. The fourth-order valence-corrected chi connectivity index (χ4v) is 5.64. The standard InChI is InChI=1S/C20H29NO5S/c1-20(2)14-15-6-5-9-17(19(15)26-20)25-12-11-21-18(22)10-13-27(23,24)16-7-3-4-8-16/h5-6,9,16H,3-4,7-8,10-14H2,1-2H3,(H,21,22). The molecule has 1 N–H and O–H groups in total. The van der Waals surface area contributed by atoms with Crippen LogP contribution < -0.4 is 14.8 Å². The van der Waals surface area contributed by atoms with Gasteiger partial charge in [-0.1, -0.05) is 25.0 Å². The van der Waals surface area contributed by atoms with Crippen LogP contribution in [0.3, 0.4) is 0 Å². The number of fused-ring (bicyclic) bond motifs is 1. The minimum atomic E-state index is -3.16. The van der Waals surface area contributed by atoms with Gasteiger partial charge in [0.15, 0.2) is 21.3 Å². The van der Waals surface area contributed by atoms with E-state index in [-0.39, 0.29) is 28.9 Å². The van der Waals surface area contributed by atoms with Crippen LogP contribution in [0.5, 0.6) is 11.5 Å². The molecule has 1 aliphatic carbocycles. The summed E-state index contributed by atoms with van der Waals surface area (Å²) in [6.07, 6.45) is 4.26. The molecule has 1 aromatic rings. The maximum absolute atomic E-state index is 12.2. The Hall–Kier alpha value is -1.76. The molecule has 0 atom stereocenters. The van der Waals surface area contributed by atoms with Gasteiger partial charge in [0, 0.05) is 18.4 Å². The van der Waals surface area contributed by atoms with Crippen LogP contribution in [-0.4, -0.2) is 44.1 Å². The lowest BCUT2D eigenvalue weighted by Gasteiger charge is -2.18. The first-order valence-electron chi connectivity index (χ1n) is 9.69. The molecule has 0 aromatic heterocycles. The summed E-state index contributed by atoms with van der Waals surface area (Å²) in [4.78, 5) is 11.9. The molecule has 1 heterocycles. The third-order valence-electron chi connectivity index (χ3n) is 5.16. The molecule has 7 heteroatoms. The third kappa shape index (κ3) is 5.15. The quantitative estimate of drug-likeness (QED) is 0.685. The molecular weight excluding hydrogens is 366 g/mol. The lowest BCUT2D eigenvalue weighted by atomic mass is 10.0. The molecule has 0 spiro atoms. The normalized spacial score (nSPS) is 18.7. The smallest absolute Gasteiger partial charge is 0.221 e. The molecule has 0 bridgehead atoms. The second-order valence-corrected chi connectivity index (χ2v) is 10.4. The number of benzene rings is 1. The van der Waals surface area contributed by atoms with Crippen LogP contribution >= 0.6 is 0 Å². The van der Waals surface area contributed by atoms with E-state index in [1.807, 2.05) is 32.0 Å². The van der Waals surface area contributed by atoms with Crippen LogP contribution in [0, 0.1) is 0 Å². The van der Waals surface area contributed by atoms with Crippen molar-refractivity contribution < 1.29 is 22.7 Å². The third-order valence-corrected chi connectivity index (χ3v) is 7.42. The van der Waals surface area contributed by atoms with E-state index < -0.39 is 9.84 Å². The maximum Gasteiger partial charge on any atom is 0.221 e. The van der Waals surface area contributed by atoms with Gasteiger partial charge in [-0.15, -0.1) is 0 Å². The van der Waals surface area contributed by atoms with E-state index in [0.29, 0.717) is 18.9 Å². The van der Waals surface area contributed by atoms with Gasteiger partial charge in [0.25, 0.3) is 0 Å². The first-order valence-corrected chi connectivity index (χ1v) is 11.4. The number of carbonyl (C=O) groups excluding carboxylic acids is 1. The highest BCUT2D eigenvalue weighted by Crippen LogP contribution is 2.41. The van der Waals surface area contributed by atoms with Crippen LogP contribution in [0.2, 0.25) is 0 Å². The monoisotopic (exact) mass is 395 g/mol. The summed E-state index contributed by atoms with van der Waals surface area (Å²) < 4.78 is 36.1. The Morgan fingerprint density at radius 1 is 1.30 bits per heavy atom. The van der Waals surface area contributed by atoms with Crippen molar-refractivity contribution in [2.24, 2.45) is 0 Å². The summed E-state index contributed by atoms with van der Waals surface area (Å²) in [7, 11) is -3.16. The van der Waals surface area contributed by atoms with Crippen molar-refractivity contribution >= 4 is 15.7 Å². The van der Waals surface area contributed by atoms with Gasteiger partial charge in [0.1, 0.15) is 12.2 Å². The van der Waals surface area contributed by atoms with E-state index in [1.54, 1.807) is 0 Å². The number of ether oxygens (including phenoxy) is 2. The molecule has 1 aliphatic heterocycles. The zero-order valence-corrected chi connectivity index (χ0v) is 16.9. The van der Waals surface area contributed by atoms with Gasteiger partial charge < -0.3 is 14.8 Å². The van der Waals surface area contributed by atoms with Crippen LogP contribution in [0.4, 0.5) is 0 Å². The van der Waals surface area contributed by atoms with Gasteiger partial charge >= 0.3 is 0 Å². The highest BCUT2D eigenvalue weighted by Gasteiger charge is 2.32. The molecule has 3 rings (SSSR count). The average molecular weight is 396 g/mol. The van der Waals surface area contributed by atoms with E-state index in [0.717, 1.165) is 43.4 Å². The predicted molar refractivity (Wildman–Crippen MR) is 104 cm³/mol. The fourth-order valence-electron chi connectivity index (χ4n) is 3.79. The number of sulfone groups is 1. The lowest BCUT2D eigenvalue weighted by molar-refractivity contribution is -0.120. The van der Waals surface area contributed by atoms with Gasteiger partial charge in [-0.3, -0.25) is 4.79 Å². The maximum atomic E-state index is 12.2. The molecular formula is C20H29NO5S. The predicted octanol–water partition coefficient (Wildman–Crippen LogP) is 2.64. The van der Waals surface area contributed by atoms with Crippen molar-refractivity contribution in [2.75, 3.05) is 18.9 Å². The number of hydrogen-bond donors (Lipinski definition) is 1. The number of nitrogens with one attached hydrogen (secondary N) is 1. The Kier molecular flexibility index (Phi) is 5.99. The zero-order chi connectivity index (χ0) is 19.5. The SMILES string of the molecule is CC1(C)Cc2cccc(OCCNC(=O)CCS(=O)(=O)C3CCCC3)c2O1. The molecule has 6 nitrogen and oxygen atoms in total. The van der Waals surface area contributed by atoms with E-state index in [9.17, 15) is 13.2 Å². The largest absolute Gasteiger partial charge is 0.488 e. The molecule has 1 amide bonds. The molecule has 1 fully saturated rings. The molecule has 1 aromatic carbocycles. The Labute approximate surface area is 161 Å². The molecule has 0 saturated heterocycles. The summed E-state index contributed by atoms with van der Waals surface area (Å²) in [5.74, 6) is 1.13. The Bertz CT molecular complexity index is 782. The first kappa shape index (κ1) is 20.0. The molecule has 0 radical (unpaired) electrons. The minimum absolute atomic E-state index is 0.0108. The molecule has 27 heavy (non-hydrogen) atoms. The number of rotatable bonds is 8. The minimum Gasteiger partial charge on any atom is -0.488 e. The number of carbonyl (C=O) groups is 1. The Morgan fingerprint density at radius 3 is 2.78 bits per heavy atom. The highest BCUT2D eigenvalue weighted by molar-refractivity contribution is 7.92. The van der Waals surface area contributed by atoms with Crippen molar-refractivity contribution in [2.45, 2.75) is 63.2 Å². The average Bonchev–Trinajstić information content (AvgIpc) is 3.24. The van der Waals surface area contributed by atoms with Crippen molar-refractivity contribution in [1.29, 1.82) is 0 Å². The summed E-state index contributed by atoms with van der Waals surface area (Å²) in [5, 5.41) is 2.48. The second kappa shape index (κ2) is 8.09. The van der Waals surface area contributed by atoms with Crippen LogP contribution in [0.15, 0.2) is 18.2 Å². The summed E-state index contributed by atoms with van der Waals surface area (Å²) >= 11 is 0. The van der Waals surface area contributed by atoms with Gasteiger partial charge in [-0.2, -0.15) is 0 Å². The number of amides is 1. The van der Waals surface area contributed by atoms with Crippen LogP contribution in [0.25, 0.3) is 0 Å².